The maximum atomic E-state index is 10.1. The highest BCUT2D eigenvalue weighted by molar-refractivity contribution is 5.77. The van der Waals surface area contributed by atoms with Crippen LogP contribution in [-0.4, -0.2) is 57.9 Å². The van der Waals surface area contributed by atoms with Gasteiger partial charge >= 0.3 is 0 Å². The Bertz CT molecular complexity index is 619. The molecule has 7 heteroatoms. The SMILES string of the molecule is CF.COc1cc2c(cc1OC)C1CC(N)CCN1CC2.O=C1CCCN1. The van der Waals surface area contributed by atoms with Gasteiger partial charge in [-0.1, -0.05) is 0 Å². The number of methoxy groups -OCH3 is 2. The van der Waals surface area contributed by atoms with Gasteiger partial charge in [0.15, 0.2) is 11.5 Å². The summed E-state index contributed by atoms with van der Waals surface area (Å²) in [5.74, 6) is 1.85. The number of ether oxygens (including phenoxy) is 2. The van der Waals surface area contributed by atoms with Crippen molar-refractivity contribution in [1.82, 2.24) is 10.2 Å². The molecule has 152 valence electrons. The molecule has 3 aliphatic heterocycles. The van der Waals surface area contributed by atoms with Crippen LogP contribution in [0.2, 0.25) is 0 Å². The zero-order valence-electron chi connectivity index (χ0n) is 16.6. The number of rotatable bonds is 2. The van der Waals surface area contributed by atoms with E-state index in [-0.39, 0.29) is 5.91 Å². The van der Waals surface area contributed by atoms with E-state index in [1.165, 1.54) is 11.1 Å². The van der Waals surface area contributed by atoms with Crippen molar-refractivity contribution in [2.75, 3.05) is 41.0 Å². The summed E-state index contributed by atoms with van der Waals surface area (Å²) in [6.45, 7) is 3.12. The summed E-state index contributed by atoms with van der Waals surface area (Å²) >= 11 is 0. The molecule has 0 bridgehead atoms. The quantitative estimate of drug-likeness (QED) is 0.821. The van der Waals surface area contributed by atoms with E-state index in [2.05, 4.69) is 22.3 Å². The van der Waals surface area contributed by atoms with Crippen molar-refractivity contribution in [3.05, 3.63) is 23.3 Å². The molecular formula is C20H32FN3O3. The molecular weight excluding hydrogens is 349 g/mol. The van der Waals surface area contributed by atoms with Crippen LogP contribution in [0.4, 0.5) is 4.39 Å². The standard InChI is InChI=1S/C15H22N2O2.C4H7NO.CH3F/c1-18-14-7-10-3-5-17-6-4-11(16)8-13(17)12(10)9-15(14)19-2;6-4-2-1-3-5-4;1-2/h7,9,11,13H,3-6,8,16H2,1-2H3;1-3H2,(H,5,6);1H3. The van der Waals surface area contributed by atoms with Gasteiger partial charge in [0.2, 0.25) is 5.91 Å². The lowest BCUT2D eigenvalue weighted by Crippen LogP contribution is -2.45. The van der Waals surface area contributed by atoms with Gasteiger partial charge in [-0.15, -0.1) is 0 Å². The number of amides is 1. The van der Waals surface area contributed by atoms with Crippen molar-refractivity contribution in [2.24, 2.45) is 5.73 Å². The second-order valence-electron chi connectivity index (χ2n) is 6.95. The lowest BCUT2D eigenvalue weighted by molar-refractivity contribution is -0.119. The fourth-order valence-corrected chi connectivity index (χ4v) is 3.93. The Labute approximate surface area is 161 Å². The maximum Gasteiger partial charge on any atom is 0.220 e. The first-order valence-corrected chi connectivity index (χ1v) is 9.51. The van der Waals surface area contributed by atoms with E-state index in [0.717, 1.165) is 63.2 Å². The van der Waals surface area contributed by atoms with E-state index < -0.39 is 0 Å². The predicted molar refractivity (Wildman–Crippen MR) is 104 cm³/mol. The Hall–Kier alpha value is -1.86. The van der Waals surface area contributed by atoms with Gasteiger partial charge in [0, 0.05) is 38.1 Å². The van der Waals surface area contributed by atoms with Crippen LogP contribution < -0.4 is 20.5 Å². The van der Waals surface area contributed by atoms with Crippen LogP contribution in [-0.2, 0) is 11.2 Å². The average Bonchev–Trinajstić information content (AvgIpc) is 3.19. The number of piperidine rings is 1. The number of carbonyl (C=O) groups excluding carboxylic acids is 1. The van der Waals surface area contributed by atoms with Crippen LogP contribution in [0.1, 0.15) is 42.9 Å². The summed E-state index contributed by atoms with van der Waals surface area (Å²) in [6.07, 6.45) is 5.00. The van der Waals surface area contributed by atoms with E-state index >= 15 is 0 Å². The summed E-state index contributed by atoms with van der Waals surface area (Å²) < 4.78 is 20.3. The zero-order chi connectivity index (χ0) is 19.8. The third-order valence-corrected chi connectivity index (χ3v) is 5.33. The first-order chi connectivity index (χ1) is 13.1. The highest BCUT2D eigenvalue weighted by atomic mass is 19.1. The topological polar surface area (TPSA) is 76.8 Å². The van der Waals surface area contributed by atoms with Crippen molar-refractivity contribution in [2.45, 2.75) is 44.2 Å². The first-order valence-electron chi connectivity index (χ1n) is 9.51. The number of halogens is 1. The zero-order valence-corrected chi connectivity index (χ0v) is 16.6. The van der Waals surface area contributed by atoms with Gasteiger partial charge < -0.3 is 20.5 Å². The number of carbonyl (C=O) groups is 1. The van der Waals surface area contributed by atoms with Gasteiger partial charge in [-0.25, -0.2) is 0 Å². The van der Waals surface area contributed by atoms with Crippen molar-refractivity contribution in [3.8, 4) is 11.5 Å². The summed E-state index contributed by atoms with van der Waals surface area (Å²) in [5, 5.41) is 2.68. The highest BCUT2D eigenvalue weighted by Gasteiger charge is 2.33. The number of nitrogens with zero attached hydrogens (tertiary/aromatic N) is 1. The second-order valence-corrected chi connectivity index (χ2v) is 6.95. The van der Waals surface area contributed by atoms with Crippen molar-refractivity contribution in [1.29, 1.82) is 0 Å². The van der Waals surface area contributed by atoms with E-state index in [1.54, 1.807) is 14.2 Å². The predicted octanol–water partition coefficient (Wildman–Crippen LogP) is 2.21. The molecule has 3 aliphatic rings. The molecule has 0 saturated carbocycles. The molecule has 2 fully saturated rings. The Morgan fingerprint density at radius 2 is 1.85 bits per heavy atom. The number of fused-ring (bicyclic) bond motifs is 3. The fraction of sp³-hybridized carbons (Fsp3) is 0.650. The number of benzene rings is 1. The lowest BCUT2D eigenvalue weighted by Gasteiger charge is -2.42. The highest BCUT2D eigenvalue weighted by Crippen LogP contribution is 2.41. The molecule has 4 rings (SSSR count). The monoisotopic (exact) mass is 381 g/mol. The third-order valence-electron chi connectivity index (χ3n) is 5.33. The van der Waals surface area contributed by atoms with Crippen LogP contribution in [0, 0.1) is 0 Å². The molecule has 2 atom stereocenters. The molecule has 0 radical (unpaired) electrons. The van der Waals surface area contributed by atoms with Gasteiger partial charge in [-0.3, -0.25) is 14.1 Å². The largest absolute Gasteiger partial charge is 0.493 e. The van der Waals surface area contributed by atoms with Crippen LogP contribution in [0.5, 0.6) is 11.5 Å². The summed E-state index contributed by atoms with van der Waals surface area (Å²) in [4.78, 5) is 12.7. The van der Waals surface area contributed by atoms with Gasteiger partial charge in [-0.05, 0) is 48.9 Å². The number of alkyl halides is 1. The van der Waals surface area contributed by atoms with Gasteiger partial charge in [0.25, 0.3) is 0 Å². The molecule has 3 heterocycles. The molecule has 6 nitrogen and oxygen atoms in total. The number of nitrogens with two attached hydrogens (primary N) is 1. The molecule has 0 spiro atoms. The molecule has 3 N–H and O–H groups in total. The van der Waals surface area contributed by atoms with E-state index in [1.807, 2.05) is 0 Å². The number of hydrogen-bond donors (Lipinski definition) is 2. The summed E-state index contributed by atoms with van der Waals surface area (Å²) in [6, 6.07) is 5.04. The Morgan fingerprint density at radius 3 is 2.41 bits per heavy atom. The molecule has 0 aromatic heterocycles. The minimum absolute atomic E-state index is 0.204. The Morgan fingerprint density at radius 1 is 1.15 bits per heavy atom. The molecule has 1 amide bonds. The van der Waals surface area contributed by atoms with E-state index in [0.29, 0.717) is 19.3 Å². The smallest absolute Gasteiger partial charge is 0.220 e. The molecule has 0 aliphatic carbocycles. The van der Waals surface area contributed by atoms with Crippen LogP contribution >= 0.6 is 0 Å². The van der Waals surface area contributed by atoms with Gasteiger partial charge in [0.1, 0.15) is 0 Å². The Balaban J connectivity index is 0.000000275. The number of nitrogens with one attached hydrogen (secondary N) is 1. The fourth-order valence-electron chi connectivity index (χ4n) is 3.93. The van der Waals surface area contributed by atoms with E-state index in [4.69, 9.17) is 15.2 Å². The molecule has 1 aromatic carbocycles. The lowest BCUT2D eigenvalue weighted by atomic mass is 9.85. The van der Waals surface area contributed by atoms with Crippen LogP contribution in [0.25, 0.3) is 0 Å². The molecule has 2 saturated heterocycles. The average molecular weight is 381 g/mol. The normalized spacial score (nSPS) is 23.5. The second kappa shape index (κ2) is 10.5. The minimum Gasteiger partial charge on any atom is -0.493 e. The van der Waals surface area contributed by atoms with Gasteiger partial charge in [0.05, 0.1) is 21.4 Å². The summed E-state index contributed by atoms with van der Waals surface area (Å²) in [5.41, 5.74) is 8.90. The Kier molecular flexibility index (Phi) is 8.31. The van der Waals surface area contributed by atoms with Crippen molar-refractivity contribution < 1.29 is 18.7 Å². The van der Waals surface area contributed by atoms with Gasteiger partial charge in [-0.2, -0.15) is 0 Å². The maximum absolute atomic E-state index is 10.1. The molecule has 27 heavy (non-hydrogen) atoms. The van der Waals surface area contributed by atoms with Crippen LogP contribution in [0.3, 0.4) is 0 Å². The third kappa shape index (κ3) is 5.32. The van der Waals surface area contributed by atoms with Crippen molar-refractivity contribution >= 4 is 5.91 Å². The molecule has 2 unspecified atom stereocenters. The first kappa shape index (κ1) is 21.4. The van der Waals surface area contributed by atoms with Crippen molar-refractivity contribution in [3.63, 3.8) is 0 Å². The minimum atomic E-state index is 0.204. The summed E-state index contributed by atoms with van der Waals surface area (Å²) in [7, 11) is 3.88. The van der Waals surface area contributed by atoms with E-state index in [9.17, 15) is 9.18 Å². The molecule has 1 aromatic rings. The van der Waals surface area contributed by atoms with Crippen LogP contribution in [0.15, 0.2) is 12.1 Å². The number of hydrogen-bond acceptors (Lipinski definition) is 5.